The lowest BCUT2D eigenvalue weighted by Gasteiger charge is -1.93. The molecule has 7 heteroatoms. The monoisotopic (exact) mass is 247 g/mol. The Morgan fingerprint density at radius 3 is 2.67 bits per heavy atom. The van der Waals surface area contributed by atoms with Crippen molar-refractivity contribution < 1.29 is 12.9 Å². The zero-order valence-corrected chi connectivity index (χ0v) is 9.17. The minimum Gasteiger partial charge on any atom is -0.376 e. The second-order valence-corrected chi connectivity index (χ2v) is 5.56. The third kappa shape index (κ3) is 1.66. The molecule has 5 nitrogen and oxygen atoms in total. The first-order chi connectivity index (χ1) is 6.89. The quantitative estimate of drug-likeness (QED) is 0.707. The van der Waals surface area contributed by atoms with Crippen molar-refractivity contribution in [3.63, 3.8) is 0 Å². The van der Waals surface area contributed by atoms with E-state index in [0.717, 1.165) is 4.74 Å². The number of rotatable bonds is 1. The van der Waals surface area contributed by atoms with Crippen LogP contribution in [0.3, 0.4) is 0 Å². The third-order valence-corrected chi connectivity index (χ3v) is 3.34. The van der Waals surface area contributed by atoms with Crippen LogP contribution in [0.5, 0.6) is 0 Å². The molecule has 15 heavy (non-hydrogen) atoms. The van der Waals surface area contributed by atoms with Gasteiger partial charge in [0.05, 0.1) is 10.3 Å². The predicted molar refractivity (Wildman–Crippen MR) is 54.5 cm³/mol. The minimum absolute atomic E-state index is 0.116. The zero-order valence-electron chi connectivity index (χ0n) is 7.60. The van der Waals surface area contributed by atoms with Gasteiger partial charge in [0.15, 0.2) is 5.58 Å². The van der Waals surface area contributed by atoms with E-state index in [1.54, 1.807) is 0 Å². The van der Waals surface area contributed by atoms with Gasteiger partial charge in [0.1, 0.15) is 0 Å². The summed E-state index contributed by atoms with van der Waals surface area (Å²) in [7, 11) is 2.77. The number of nitrogens with zero attached hydrogens (tertiary/aromatic N) is 1. The van der Waals surface area contributed by atoms with Crippen LogP contribution in [0.15, 0.2) is 32.4 Å². The van der Waals surface area contributed by atoms with Gasteiger partial charge in [-0.2, -0.15) is 4.74 Å². The van der Waals surface area contributed by atoms with Gasteiger partial charge in [-0.1, -0.05) is 0 Å². The van der Waals surface area contributed by atoms with Crippen molar-refractivity contribution in [3.05, 3.63) is 28.6 Å². The summed E-state index contributed by atoms with van der Waals surface area (Å²) in [6.45, 7) is 0. The molecular weight excluding hydrogens is 242 g/mol. The normalized spacial score (nSPS) is 12.1. The molecule has 0 N–H and O–H groups in total. The Morgan fingerprint density at radius 2 is 2.07 bits per heavy atom. The maximum Gasteiger partial charge on any atom is 0.290 e. The molecule has 0 aliphatic heterocycles. The summed E-state index contributed by atoms with van der Waals surface area (Å²) >= 11 is 0. The zero-order chi connectivity index (χ0) is 11.2. The Labute approximate surface area is 89.2 Å². The molecular formula is C8H6ClNO4S. The maximum absolute atomic E-state index is 11.4. The van der Waals surface area contributed by atoms with E-state index < -0.39 is 14.6 Å². The lowest BCUT2D eigenvalue weighted by atomic mass is 10.3. The summed E-state index contributed by atoms with van der Waals surface area (Å²) in [5.74, 6) is 0. The van der Waals surface area contributed by atoms with E-state index in [2.05, 4.69) is 0 Å². The van der Waals surface area contributed by atoms with Crippen molar-refractivity contribution in [1.82, 2.24) is 4.74 Å². The molecule has 0 amide bonds. The summed E-state index contributed by atoms with van der Waals surface area (Å²) in [4.78, 5) is 11.3. The Balaban J connectivity index is 2.87. The summed E-state index contributed by atoms with van der Waals surface area (Å²) in [5.41, 5.74) is -0.0706. The molecule has 1 heterocycles. The summed E-state index contributed by atoms with van der Waals surface area (Å²) in [5, 5.41) is 0.194. The van der Waals surface area contributed by atoms with E-state index in [1.807, 2.05) is 0 Å². The van der Waals surface area contributed by atoms with E-state index in [4.69, 9.17) is 15.2 Å². The molecule has 80 valence electrons. The molecule has 0 bridgehead atoms. The van der Waals surface area contributed by atoms with Crippen molar-refractivity contribution in [3.8, 4) is 0 Å². The van der Waals surface area contributed by atoms with Crippen LogP contribution in [0.4, 0.5) is 0 Å². The number of hydrogen-bond acceptors (Lipinski definition) is 4. The van der Waals surface area contributed by atoms with Crippen LogP contribution in [0, 0.1) is 0 Å². The van der Waals surface area contributed by atoms with Gasteiger partial charge in [-0.05, 0) is 18.2 Å². The molecule has 0 unspecified atom stereocenters. The number of aromatic nitrogens is 1. The van der Waals surface area contributed by atoms with Crippen molar-refractivity contribution in [1.29, 1.82) is 0 Å². The second-order valence-electron chi connectivity index (χ2n) is 2.99. The van der Waals surface area contributed by atoms with Gasteiger partial charge in [0.2, 0.25) is 0 Å². The van der Waals surface area contributed by atoms with Gasteiger partial charge in [0, 0.05) is 17.7 Å². The summed E-state index contributed by atoms with van der Waals surface area (Å²) in [6, 6.07) is 3.88. The Morgan fingerprint density at radius 1 is 1.40 bits per heavy atom. The Bertz CT molecular complexity index is 682. The van der Waals surface area contributed by atoms with Crippen LogP contribution >= 0.6 is 10.7 Å². The standard InChI is InChI=1S/C8H6ClNO4S/c1-10-8(11)6-4-5(15(9,12)13)2-3-7(6)14-10/h2-4H,1H3. The number of benzene rings is 1. The molecule has 1 aromatic carbocycles. The fourth-order valence-corrected chi connectivity index (χ4v) is 2.04. The highest BCUT2D eigenvalue weighted by Gasteiger charge is 2.14. The molecule has 0 spiro atoms. The smallest absolute Gasteiger partial charge is 0.290 e. The molecule has 0 saturated carbocycles. The Hall–Kier alpha value is -1.27. The molecule has 0 fully saturated rings. The predicted octanol–water partition coefficient (Wildman–Crippen LogP) is 1.06. The first-order valence-electron chi connectivity index (χ1n) is 3.94. The van der Waals surface area contributed by atoms with Gasteiger partial charge < -0.3 is 4.52 Å². The Kier molecular flexibility index (Phi) is 2.13. The van der Waals surface area contributed by atoms with Gasteiger partial charge in [-0.25, -0.2) is 8.42 Å². The van der Waals surface area contributed by atoms with E-state index in [-0.39, 0.29) is 10.3 Å². The van der Waals surface area contributed by atoms with Gasteiger partial charge in [-0.3, -0.25) is 4.79 Å². The molecule has 0 aliphatic carbocycles. The van der Waals surface area contributed by atoms with E-state index in [1.165, 1.54) is 25.2 Å². The first kappa shape index (κ1) is 10.3. The summed E-state index contributed by atoms with van der Waals surface area (Å²) < 4.78 is 28.1. The molecule has 0 radical (unpaired) electrons. The van der Waals surface area contributed by atoms with Crippen LogP contribution in [-0.2, 0) is 16.1 Å². The number of fused-ring (bicyclic) bond motifs is 1. The molecule has 0 saturated heterocycles. The second kappa shape index (κ2) is 3.11. The van der Waals surface area contributed by atoms with Crippen LogP contribution in [0.1, 0.15) is 0 Å². The lowest BCUT2D eigenvalue weighted by molar-refractivity contribution is 0.324. The highest BCUT2D eigenvalue weighted by atomic mass is 35.7. The fraction of sp³-hybridized carbons (Fsp3) is 0.125. The van der Waals surface area contributed by atoms with Crippen LogP contribution < -0.4 is 5.56 Å². The maximum atomic E-state index is 11.4. The van der Waals surface area contributed by atoms with Gasteiger partial charge in [-0.15, -0.1) is 0 Å². The minimum atomic E-state index is -3.82. The number of halogens is 1. The largest absolute Gasteiger partial charge is 0.376 e. The van der Waals surface area contributed by atoms with Gasteiger partial charge >= 0.3 is 0 Å². The first-order valence-corrected chi connectivity index (χ1v) is 6.25. The van der Waals surface area contributed by atoms with E-state index in [0.29, 0.717) is 5.58 Å². The summed E-state index contributed by atoms with van der Waals surface area (Å²) in [6.07, 6.45) is 0. The lowest BCUT2D eigenvalue weighted by Crippen LogP contribution is -2.09. The van der Waals surface area contributed by atoms with Crippen molar-refractivity contribution >= 4 is 30.7 Å². The van der Waals surface area contributed by atoms with E-state index >= 15 is 0 Å². The molecule has 2 aromatic rings. The van der Waals surface area contributed by atoms with Crippen molar-refractivity contribution in [2.45, 2.75) is 4.90 Å². The average Bonchev–Trinajstić information content (AvgIpc) is 2.41. The van der Waals surface area contributed by atoms with Gasteiger partial charge in [0.25, 0.3) is 14.6 Å². The molecule has 1 aromatic heterocycles. The molecule has 0 aliphatic rings. The average molecular weight is 248 g/mol. The van der Waals surface area contributed by atoms with Crippen LogP contribution in [0.25, 0.3) is 11.0 Å². The topological polar surface area (TPSA) is 69.3 Å². The van der Waals surface area contributed by atoms with Crippen LogP contribution in [0.2, 0.25) is 0 Å². The van der Waals surface area contributed by atoms with E-state index in [9.17, 15) is 13.2 Å². The van der Waals surface area contributed by atoms with Crippen LogP contribution in [-0.4, -0.2) is 13.2 Å². The molecule has 0 atom stereocenters. The number of aryl methyl sites for hydroxylation is 1. The SMILES string of the molecule is Cn1oc2ccc(S(=O)(=O)Cl)cc2c1=O. The molecule has 2 rings (SSSR count). The third-order valence-electron chi connectivity index (χ3n) is 1.98. The highest BCUT2D eigenvalue weighted by molar-refractivity contribution is 8.13. The fourth-order valence-electron chi connectivity index (χ4n) is 1.27. The highest BCUT2D eigenvalue weighted by Crippen LogP contribution is 2.19. The van der Waals surface area contributed by atoms with Crippen molar-refractivity contribution in [2.75, 3.05) is 0 Å². The van der Waals surface area contributed by atoms with Crippen molar-refractivity contribution in [2.24, 2.45) is 7.05 Å². The number of hydrogen-bond donors (Lipinski definition) is 0.